The van der Waals surface area contributed by atoms with Gasteiger partial charge < -0.3 is 10.6 Å². The van der Waals surface area contributed by atoms with E-state index in [1.807, 2.05) is 17.5 Å². The number of carbonyl (C=O) groups excluding carboxylic acids is 1. The smallest absolute Gasteiger partial charge is 0.211 e. The topological polar surface area (TPSA) is 66.9 Å². The van der Waals surface area contributed by atoms with Crippen molar-refractivity contribution < 1.29 is 4.79 Å². The molecule has 2 aromatic heterocycles. The number of nitrogens with one attached hydrogen (secondary N) is 2. The monoisotopic (exact) mass is 372 g/mol. The van der Waals surface area contributed by atoms with Gasteiger partial charge in [-0.15, -0.1) is 11.3 Å². The van der Waals surface area contributed by atoms with Crippen LogP contribution in [0.2, 0.25) is 5.02 Å². The number of pyridine rings is 1. The van der Waals surface area contributed by atoms with Crippen LogP contribution in [-0.2, 0) is 4.79 Å². The minimum absolute atomic E-state index is 0.279. The van der Waals surface area contributed by atoms with Crippen molar-refractivity contribution in [3.63, 3.8) is 0 Å². The van der Waals surface area contributed by atoms with Gasteiger partial charge in [-0.05, 0) is 29.7 Å². The number of hydrogen-bond donors (Lipinski definition) is 2. The van der Waals surface area contributed by atoms with Crippen molar-refractivity contribution in [3.8, 4) is 11.3 Å². The van der Waals surface area contributed by atoms with Gasteiger partial charge in [-0.1, -0.05) is 31.5 Å². The second kappa shape index (κ2) is 7.63. The lowest BCUT2D eigenvalue weighted by Crippen LogP contribution is -2.06. The van der Waals surface area contributed by atoms with Crippen molar-refractivity contribution in [2.24, 2.45) is 0 Å². The number of hydrogen-bond acceptors (Lipinski definition) is 5. The van der Waals surface area contributed by atoms with E-state index in [-0.39, 0.29) is 5.92 Å². The second-order valence-electron chi connectivity index (χ2n) is 5.70. The number of halogens is 1. The molecule has 0 bridgehead atoms. The van der Waals surface area contributed by atoms with Crippen molar-refractivity contribution in [2.75, 3.05) is 10.6 Å². The number of rotatable bonds is 6. The molecular weight excluding hydrogens is 356 g/mol. The third-order valence-corrected chi connectivity index (χ3v) is 4.66. The average Bonchev–Trinajstić information content (AvgIpc) is 3.12. The normalized spacial score (nSPS) is 10.7. The molecule has 0 saturated carbocycles. The second-order valence-corrected chi connectivity index (χ2v) is 6.83. The molecule has 5 nitrogen and oxygen atoms in total. The minimum Gasteiger partial charge on any atom is -0.337 e. The van der Waals surface area contributed by atoms with E-state index in [0.29, 0.717) is 22.9 Å². The number of aromatic nitrogens is 2. The Morgan fingerprint density at radius 2 is 2.08 bits per heavy atom. The fraction of sp³-hybridized carbons (Fsp3) is 0.167. The summed E-state index contributed by atoms with van der Waals surface area (Å²) in [4.78, 5) is 19.8. The molecule has 0 saturated heterocycles. The number of amides is 1. The Balaban J connectivity index is 2.23. The number of nitrogens with zero attached hydrogens (tertiary/aromatic N) is 2. The first-order chi connectivity index (χ1) is 12.1. The third kappa shape index (κ3) is 3.65. The Labute approximate surface area is 155 Å². The first kappa shape index (κ1) is 17.4. The molecule has 25 heavy (non-hydrogen) atoms. The van der Waals surface area contributed by atoms with E-state index < -0.39 is 0 Å². The Hall–Kier alpha value is -2.44. The van der Waals surface area contributed by atoms with E-state index in [0.717, 1.165) is 22.5 Å². The summed E-state index contributed by atoms with van der Waals surface area (Å²) in [6.45, 7) is 4.24. The molecule has 0 aliphatic rings. The number of benzene rings is 1. The van der Waals surface area contributed by atoms with Crippen molar-refractivity contribution in [1.29, 1.82) is 0 Å². The van der Waals surface area contributed by atoms with E-state index in [1.165, 1.54) is 11.3 Å². The zero-order valence-corrected chi connectivity index (χ0v) is 15.4. The van der Waals surface area contributed by atoms with Crippen LogP contribution in [-0.4, -0.2) is 16.4 Å². The van der Waals surface area contributed by atoms with Crippen LogP contribution in [0.3, 0.4) is 0 Å². The van der Waals surface area contributed by atoms with Gasteiger partial charge in [-0.25, -0.2) is 9.97 Å². The van der Waals surface area contributed by atoms with Crippen LogP contribution in [0.25, 0.3) is 11.3 Å². The highest BCUT2D eigenvalue weighted by atomic mass is 35.5. The van der Waals surface area contributed by atoms with E-state index in [1.54, 1.807) is 23.8 Å². The molecular formula is C18H17ClN4OS. The zero-order valence-electron chi connectivity index (χ0n) is 13.8. The summed E-state index contributed by atoms with van der Waals surface area (Å²) in [5.41, 5.74) is 6.06. The van der Waals surface area contributed by atoms with E-state index in [9.17, 15) is 4.79 Å². The number of anilines is 3. The molecule has 0 fully saturated rings. The van der Waals surface area contributed by atoms with Gasteiger partial charge in [0.25, 0.3) is 0 Å². The molecule has 3 aromatic rings. The van der Waals surface area contributed by atoms with E-state index in [4.69, 9.17) is 11.6 Å². The quantitative estimate of drug-likeness (QED) is 0.576. The number of carbonyl (C=O) groups is 1. The SMILES string of the molecule is CC(C)c1ccc(NC=O)c(Nc2ncccc2Cl)c1-c1cscn1. The molecule has 3 rings (SSSR count). The van der Waals surface area contributed by atoms with Gasteiger partial charge in [0.2, 0.25) is 6.41 Å². The van der Waals surface area contributed by atoms with Crippen LogP contribution in [0.5, 0.6) is 0 Å². The molecule has 0 unspecified atom stereocenters. The lowest BCUT2D eigenvalue weighted by atomic mass is 9.93. The Kier molecular flexibility index (Phi) is 5.31. The summed E-state index contributed by atoms with van der Waals surface area (Å²) >= 11 is 7.78. The minimum atomic E-state index is 0.279. The first-order valence-corrected chi connectivity index (χ1v) is 9.07. The van der Waals surface area contributed by atoms with Gasteiger partial charge in [0, 0.05) is 17.1 Å². The molecule has 2 heterocycles. The van der Waals surface area contributed by atoms with Crippen molar-refractivity contribution in [2.45, 2.75) is 19.8 Å². The fourth-order valence-electron chi connectivity index (χ4n) is 2.62. The van der Waals surface area contributed by atoms with Gasteiger partial charge in [-0.2, -0.15) is 0 Å². The maximum Gasteiger partial charge on any atom is 0.211 e. The van der Waals surface area contributed by atoms with E-state index in [2.05, 4.69) is 34.4 Å². The fourth-order valence-corrected chi connectivity index (χ4v) is 3.33. The van der Waals surface area contributed by atoms with Gasteiger partial charge in [0.1, 0.15) is 5.82 Å². The summed E-state index contributed by atoms with van der Waals surface area (Å²) in [5.74, 6) is 0.803. The maximum atomic E-state index is 11.1. The number of thiazole rings is 1. The lowest BCUT2D eigenvalue weighted by Gasteiger charge is -2.20. The van der Waals surface area contributed by atoms with Gasteiger partial charge in [0.15, 0.2) is 0 Å². The van der Waals surface area contributed by atoms with Crippen molar-refractivity contribution in [3.05, 3.63) is 51.9 Å². The Morgan fingerprint density at radius 3 is 2.72 bits per heavy atom. The van der Waals surface area contributed by atoms with Crippen LogP contribution < -0.4 is 10.6 Å². The zero-order chi connectivity index (χ0) is 17.8. The first-order valence-electron chi connectivity index (χ1n) is 7.75. The van der Waals surface area contributed by atoms with Gasteiger partial charge in [-0.3, -0.25) is 4.79 Å². The molecule has 1 amide bonds. The van der Waals surface area contributed by atoms with Crippen LogP contribution >= 0.6 is 22.9 Å². The molecule has 1 aromatic carbocycles. The molecule has 0 spiro atoms. The third-order valence-electron chi connectivity index (χ3n) is 3.76. The molecule has 0 aliphatic heterocycles. The highest BCUT2D eigenvalue weighted by molar-refractivity contribution is 7.07. The summed E-state index contributed by atoms with van der Waals surface area (Å²) < 4.78 is 0. The summed E-state index contributed by atoms with van der Waals surface area (Å²) in [7, 11) is 0. The highest BCUT2D eigenvalue weighted by Gasteiger charge is 2.19. The predicted octanol–water partition coefficient (Wildman–Crippen LogP) is 5.29. The van der Waals surface area contributed by atoms with Crippen LogP contribution in [0.4, 0.5) is 17.2 Å². The molecule has 0 atom stereocenters. The summed E-state index contributed by atoms with van der Waals surface area (Å²) in [5, 5.41) is 8.51. The van der Waals surface area contributed by atoms with Crippen LogP contribution in [0, 0.1) is 0 Å². The maximum absolute atomic E-state index is 11.1. The lowest BCUT2D eigenvalue weighted by molar-refractivity contribution is -0.105. The largest absolute Gasteiger partial charge is 0.337 e. The van der Waals surface area contributed by atoms with Gasteiger partial charge >= 0.3 is 0 Å². The molecule has 0 radical (unpaired) electrons. The Bertz CT molecular complexity index is 881. The molecule has 7 heteroatoms. The van der Waals surface area contributed by atoms with Crippen LogP contribution in [0.1, 0.15) is 25.3 Å². The molecule has 2 N–H and O–H groups in total. The predicted molar refractivity (Wildman–Crippen MR) is 104 cm³/mol. The van der Waals surface area contributed by atoms with Gasteiger partial charge in [0.05, 0.1) is 27.6 Å². The Morgan fingerprint density at radius 1 is 1.24 bits per heavy atom. The van der Waals surface area contributed by atoms with Crippen LogP contribution in [0.15, 0.2) is 41.4 Å². The standard InChI is InChI=1S/C18H17ClN4OS/c1-11(2)12-5-6-14(21-9-24)17(16(12)15-8-25-10-22-15)23-18-13(19)4-3-7-20-18/h3-11H,1-2H3,(H,20,23)(H,21,24). The highest BCUT2D eigenvalue weighted by Crippen LogP contribution is 2.42. The summed E-state index contributed by atoms with van der Waals surface area (Å²) in [6, 6.07) is 7.41. The average molecular weight is 373 g/mol. The molecule has 0 aliphatic carbocycles. The van der Waals surface area contributed by atoms with Crippen molar-refractivity contribution >= 4 is 46.5 Å². The molecule has 128 valence electrons. The van der Waals surface area contributed by atoms with E-state index >= 15 is 0 Å². The van der Waals surface area contributed by atoms with Crippen molar-refractivity contribution in [1.82, 2.24) is 9.97 Å². The summed E-state index contributed by atoms with van der Waals surface area (Å²) in [6.07, 6.45) is 2.32.